The average molecular weight is 228 g/mol. The van der Waals surface area contributed by atoms with Crippen LogP contribution in [-0.4, -0.2) is 23.5 Å². The third-order valence-corrected chi connectivity index (χ3v) is 2.50. The summed E-state index contributed by atoms with van der Waals surface area (Å²) in [6.45, 7) is 9.13. The van der Waals surface area contributed by atoms with E-state index in [1.54, 1.807) is 19.9 Å². The third-order valence-electron chi connectivity index (χ3n) is 2.50. The van der Waals surface area contributed by atoms with E-state index in [-0.39, 0.29) is 5.41 Å². The second kappa shape index (κ2) is 4.45. The number of aliphatic hydroxyl groups excluding tert-OH is 1. The van der Waals surface area contributed by atoms with Gasteiger partial charge in [-0.25, -0.2) is 0 Å². The Balaban J connectivity index is 2.92. The van der Waals surface area contributed by atoms with Gasteiger partial charge in [0.15, 0.2) is 0 Å². The van der Waals surface area contributed by atoms with Crippen molar-refractivity contribution in [2.75, 3.05) is 0 Å². The Labute approximate surface area is 96.2 Å². The highest BCUT2D eigenvalue weighted by Gasteiger charge is 2.42. The van der Waals surface area contributed by atoms with E-state index in [4.69, 9.17) is 9.47 Å². The van der Waals surface area contributed by atoms with Gasteiger partial charge >= 0.3 is 5.97 Å². The van der Waals surface area contributed by atoms with E-state index in [1.807, 2.05) is 20.8 Å². The number of ether oxygens (including phenoxy) is 2. The quantitative estimate of drug-likeness (QED) is 0.696. The molecular formula is C12H20O4. The smallest absolute Gasteiger partial charge is 0.322 e. The lowest BCUT2D eigenvalue weighted by Gasteiger charge is -2.38. The maximum Gasteiger partial charge on any atom is 0.322 e. The van der Waals surface area contributed by atoms with Gasteiger partial charge in [0.2, 0.25) is 6.29 Å². The lowest BCUT2D eigenvalue weighted by Crippen LogP contribution is -2.45. The van der Waals surface area contributed by atoms with Crippen molar-refractivity contribution in [1.29, 1.82) is 0 Å². The number of allylic oxidation sites excluding steroid dienone is 1. The van der Waals surface area contributed by atoms with Crippen molar-refractivity contribution in [3.05, 3.63) is 11.8 Å². The Morgan fingerprint density at radius 2 is 1.94 bits per heavy atom. The van der Waals surface area contributed by atoms with Gasteiger partial charge in [-0.1, -0.05) is 20.8 Å². The molecule has 1 saturated heterocycles. The minimum atomic E-state index is -0.806. The fourth-order valence-electron chi connectivity index (χ4n) is 1.55. The molecule has 0 radical (unpaired) electrons. The summed E-state index contributed by atoms with van der Waals surface area (Å²) in [5.41, 5.74) is -0.284. The van der Waals surface area contributed by atoms with Crippen molar-refractivity contribution < 1.29 is 19.4 Å². The first-order chi connectivity index (χ1) is 7.27. The van der Waals surface area contributed by atoms with Crippen molar-refractivity contribution in [2.45, 2.75) is 47.0 Å². The van der Waals surface area contributed by atoms with Crippen molar-refractivity contribution >= 4 is 5.97 Å². The van der Waals surface area contributed by atoms with Crippen molar-refractivity contribution in [3.63, 3.8) is 0 Å². The summed E-state index contributed by atoms with van der Waals surface area (Å²) in [7, 11) is 0. The molecule has 0 amide bonds. The predicted molar refractivity (Wildman–Crippen MR) is 59.3 cm³/mol. The van der Waals surface area contributed by atoms with Gasteiger partial charge in [0.1, 0.15) is 11.7 Å². The summed E-state index contributed by atoms with van der Waals surface area (Å²) in [5, 5.41) is 9.52. The number of carbonyl (C=O) groups excluding carboxylic acids is 1. The molecule has 92 valence electrons. The summed E-state index contributed by atoms with van der Waals surface area (Å²) in [4.78, 5) is 11.8. The van der Waals surface area contributed by atoms with E-state index in [0.29, 0.717) is 5.76 Å². The zero-order valence-corrected chi connectivity index (χ0v) is 10.5. The van der Waals surface area contributed by atoms with E-state index in [1.165, 1.54) is 0 Å². The third kappa shape index (κ3) is 2.55. The van der Waals surface area contributed by atoms with Crippen molar-refractivity contribution in [2.24, 2.45) is 11.3 Å². The number of hydrogen-bond donors (Lipinski definition) is 1. The molecule has 0 aromatic rings. The Kier molecular flexibility index (Phi) is 3.63. The molecule has 3 unspecified atom stereocenters. The first-order valence-corrected chi connectivity index (χ1v) is 5.48. The lowest BCUT2D eigenvalue weighted by atomic mass is 9.93. The Morgan fingerprint density at radius 1 is 1.38 bits per heavy atom. The number of esters is 1. The van der Waals surface area contributed by atoms with Crippen molar-refractivity contribution in [3.8, 4) is 0 Å². The van der Waals surface area contributed by atoms with Gasteiger partial charge < -0.3 is 14.6 Å². The van der Waals surface area contributed by atoms with Gasteiger partial charge in [-0.2, -0.15) is 0 Å². The van der Waals surface area contributed by atoms with Gasteiger partial charge in [-0.15, -0.1) is 0 Å². The molecule has 1 rings (SSSR count). The fourth-order valence-corrected chi connectivity index (χ4v) is 1.55. The minimum Gasteiger partial charge on any atom is -0.458 e. The Morgan fingerprint density at radius 3 is 2.31 bits per heavy atom. The van der Waals surface area contributed by atoms with Crippen LogP contribution in [0.1, 0.15) is 34.6 Å². The van der Waals surface area contributed by atoms with Gasteiger partial charge in [-0.3, -0.25) is 4.79 Å². The lowest BCUT2D eigenvalue weighted by molar-refractivity contribution is -0.221. The standard InChI is InChI=1S/C12H20O4/c1-6-8-9(7(2)13)10(14)16-11(15-8)12(3,4)5/h6-7,9,11,13H,1-5H3/b8-6+. The number of carbonyl (C=O) groups is 1. The summed E-state index contributed by atoms with van der Waals surface area (Å²) in [6, 6.07) is 0. The van der Waals surface area contributed by atoms with E-state index >= 15 is 0 Å². The Bertz CT molecular complexity index is 299. The molecule has 1 fully saturated rings. The molecule has 0 saturated carbocycles. The van der Waals surface area contributed by atoms with Crippen LogP contribution in [0.5, 0.6) is 0 Å². The molecule has 4 heteroatoms. The number of hydrogen-bond acceptors (Lipinski definition) is 4. The van der Waals surface area contributed by atoms with Gasteiger partial charge in [0, 0.05) is 5.41 Å². The molecule has 0 aromatic heterocycles. The van der Waals surface area contributed by atoms with E-state index in [0.717, 1.165) is 0 Å². The van der Waals surface area contributed by atoms with Crippen LogP contribution in [0.15, 0.2) is 11.8 Å². The number of rotatable bonds is 1. The molecule has 1 heterocycles. The van der Waals surface area contributed by atoms with Gasteiger partial charge in [0.25, 0.3) is 0 Å². The molecule has 1 aliphatic heterocycles. The fraction of sp³-hybridized carbons (Fsp3) is 0.750. The second-order valence-electron chi connectivity index (χ2n) is 5.16. The molecule has 1 N–H and O–H groups in total. The maximum absolute atomic E-state index is 11.8. The molecule has 0 aliphatic carbocycles. The van der Waals surface area contributed by atoms with Gasteiger partial charge in [0.05, 0.1) is 6.10 Å². The molecular weight excluding hydrogens is 208 g/mol. The molecule has 0 aromatic carbocycles. The molecule has 1 aliphatic rings. The topological polar surface area (TPSA) is 55.8 Å². The largest absolute Gasteiger partial charge is 0.458 e. The first-order valence-electron chi connectivity index (χ1n) is 5.48. The molecule has 0 spiro atoms. The monoisotopic (exact) mass is 228 g/mol. The van der Waals surface area contributed by atoms with Crippen LogP contribution in [0.3, 0.4) is 0 Å². The minimum absolute atomic E-state index is 0.284. The molecule has 0 bridgehead atoms. The van der Waals surface area contributed by atoms with E-state index < -0.39 is 24.3 Å². The zero-order valence-electron chi connectivity index (χ0n) is 10.5. The molecule has 4 nitrogen and oxygen atoms in total. The average Bonchev–Trinajstić information content (AvgIpc) is 2.14. The summed E-state index contributed by atoms with van der Waals surface area (Å²) < 4.78 is 10.8. The molecule has 16 heavy (non-hydrogen) atoms. The van der Waals surface area contributed by atoms with Crippen molar-refractivity contribution in [1.82, 2.24) is 0 Å². The van der Waals surface area contributed by atoms with Crippen LogP contribution in [0.4, 0.5) is 0 Å². The maximum atomic E-state index is 11.8. The van der Waals surface area contributed by atoms with Crippen LogP contribution in [0.2, 0.25) is 0 Å². The van der Waals surface area contributed by atoms with Crippen LogP contribution < -0.4 is 0 Å². The van der Waals surface area contributed by atoms with Crippen LogP contribution in [-0.2, 0) is 14.3 Å². The van der Waals surface area contributed by atoms with Crippen LogP contribution in [0, 0.1) is 11.3 Å². The summed E-state index contributed by atoms with van der Waals surface area (Å²) >= 11 is 0. The van der Waals surface area contributed by atoms with Gasteiger partial charge in [-0.05, 0) is 19.9 Å². The highest BCUT2D eigenvalue weighted by atomic mass is 16.7. The SMILES string of the molecule is C/C=C1/OC(C(C)(C)C)OC(=O)C1C(C)O. The van der Waals surface area contributed by atoms with Crippen LogP contribution >= 0.6 is 0 Å². The predicted octanol–water partition coefficient (Wildman–Crippen LogP) is 1.83. The normalized spacial score (nSPS) is 30.9. The van der Waals surface area contributed by atoms with Crippen LogP contribution in [0.25, 0.3) is 0 Å². The Hall–Kier alpha value is -1.03. The number of aliphatic hydroxyl groups is 1. The second-order valence-corrected chi connectivity index (χ2v) is 5.16. The highest BCUT2D eigenvalue weighted by Crippen LogP contribution is 2.34. The summed E-state index contributed by atoms with van der Waals surface area (Å²) in [6.07, 6.45) is 0.303. The first kappa shape index (κ1) is 13.0. The number of cyclic esters (lactones) is 1. The highest BCUT2D eigenvalue weighted by molar-refractivity contribution is 5.76. The summed E-state index contributed by atoms with van der Waals surface area (Å²) in [5.74, 6) is -0.635. The van der Waals surface area contributed by atoms with E-state index in [2.05, 4.69) is 0 Å². The van der Waals surface area contributed by atoms with E-state index in [9.17, 15) is 9.90 Å². The molecule has 3 atom stereocenters. The zero-order chi connectivity index (χ0) is 12.5.